The Hall–Kier alpha value is -6.98. The minimum absolute atomic E-state index is 0.347. The zero-order valence-corrected chi connectivity index (χ0v) is 30.5. The number of aliphatic imine (C=N–C) groups is 2. The van der Waals surface area contributed by atoms with Crippen molar-refractivity contribution in [1.82, 2.24) is 9.13 Å². The Bertz CT molecular complexity index is 2850. The lowest BCUT2D eigenvalue weighted by Crippen LogP contribution is -2.04. The topological polar surface area (TPSA) is 47.7 Å². The maximum Gasteiger partial charge on any atom is 0.135 e. The van der Waals surface area contributed by atoms with E-state index in [2.05, 4.69) is 132 Å². The standard InChI is InChI=1S/C49H40N4O/c1-6-18-36-40-28-27-39-37-24-16-17-25-45(37)52(48(39)49(40)53(44(36)8-3)35-22-14-11-15-23-35)32-51-43(31-42(50-5)33-20-12-10-13-21-33)34-26-29-47-41(30-34)38(19-7-2)46(9-4)54-47/h6-31H,3-5,32H2,1-2H3/b18-6-,19-7-,42-31-,51-43+. The van der Waals surface area contributed by atoms with Gasteiger partial charge >= 0.3 is 0 Å². The van der Waals surface area contributed by atoms with Crippen molar-refractivity contribution < 1.29 is 4.42 Å². The predicted octanol–water partition coefficient (Wildman–Crippen LogP) is 13.0. The van der Waals surface area contributed by atoms with E-state index < -0.39 is 0 Å². The molecule has 0 aliphatic carbocycles. The van der Waals surface area contributed by atoms with E-state index in [0.29, 0.717) is 6.67 Å². The van der Waals surface area contributed by atoms with Crippen LogP contribution in [0.2, 0.25) is 0 Å². The molecule has 3 heterocycles. The van der Waals surface area contributed by atoms with Gasteiger partial charge in [0.15, 0.2) is 0 Å². The highest BCUT2D eigenvalue weighted by atomic mass is 16.3. The lowest BCUT2D eigenvalue weighted by molar-refractivity contribution is 0.603. The fourth-order valence-corrected chi connectivity index (χ4v) is 7.60. The van der Waals surface area contributed by atoms with Gasteiger partial charge in [-0.1, -0.05) is 116 Å². The molecular formula is C49H40N4O. The van der Waals surface area contributed by atoms with Crippen molar-refractivity contribution >= 4 is 86.1 Å². The zero-order chi connectivity index (χ0) is 37.2. The average molecular weight is 701 g/mol. The Labute approximate surface area is 315 Å². The van der Waals surface area contributed by atoms with Crippen LogP contribution in [0.3, 0.4) is 0 Å². The first kappa shape index (κ1) is 34.1. The van der Waals surface area contributed by atoms with Gasteiger partial charge in [0.2, 0.25) is 0 Å². The predicted molar refractivity (Wildman–Crippen MR) is 233 cm³/mol. The summed E-state index contributed by atoms with van der Waals surface area (Å²) >= 11 is 0. The Morgan fingerprint density at radius 1 is 0.685 bits per heavy atom. The van der Waals surface area contributed by atoms with E-state index in [-0.39, 0.29) is 0 Å². The first-order valence-electron chi connectivity index (χ1n) is 18.1. The molecule has 8 rings (SSSR count). The molecule has 3 aromatic heterocycles. The Balaban J connectivity index is 1.43. The number of allylic oxidation sites excluding steroid dienone is 3. The third-order valence-corrected chi connectivity index (χ3v) is 9.94. The van der Waals surface area contributed by atoms with E-state index in [1.54, 1.807) is 6.08 Å². The van der Waals surface area contributed by atoms with E-state index in [9.17, 15) is 0 Å². The summed E-state index contributed by atoms with van der Waals surface area (Å²) in [6.07, 6.45) is 14.1. The molecule has 5 nitrogen and oxygen atoms in total. The van der Waals surface area contributed by atoms with Gasteiger partial charge in [-0.3, -0.25) is 9.98 Å². The number of para-hydroxylation sites is 2. The van der Waals surface area contributed by atoms with E-state index in [0.717, 1.165) is 89.1 Å². The van der Waals surface area contributed by atoms with E-state index in [4.69, 9.17) is 9.41 Å². The summed E-state index contributed by atoms with van der Waals surface area (Å²) in [6, 6.07) is 39.9. The molecule has 262 valence electrons. The van der Waals surface area contributed by atoms with Crippen LogP contribution in [0.15, 0.2) is 161 Å². The lowest BCUT2D eigenvalue weighted by Gasteiger charge is -2.12. The van der Waals surface area contributed by atoms with Crippen LogP contribution in [0.1, 0.15) is 47.6 Å². The normalized spacial score (nSPS) is 12.6. The third-order valence-electron chi connectivity index (χ3n) is 9.94. The van der Waals surface area contributed by atoms with Gasteiger partial charge in [0, 0.05) is 49.5 Å². The van der Waals surface area contributed by atoms with Crippen LogP contribution in [0.5, 0.6) is 0 Å². The molecule has 0 aliphatic heterocycles. The van der Waals surface area contributed by atoms with E-state index >= 15 is 0 Å². The average Bonchev–Trinajstić information content (AvgIpc) is 3.85. The summed E-state index contributed by atoms with van der Waals surface area (Å²) in [5.74, 6) is 0.735. The fraction of sp³-hybridized carbons (Fsp3) is 0.0612. The number of hydrogen-bond donors (Lipinski definition) is 0. The third kappa shape index (κ3) is 5.76. The lowest BCUT2D eigenvalue weighted by atomic mass is 10.0. The molecule has 0 fully saturated rings. The molecule has 5 heteroatoms. The van der Waals surface area contributed by atoms with Gasteiger partial charge in [-0.25, -0.2) is 0 Å². The maximum absolute atomic E-state index is 6.18. The molecule has 8 aromatic rings. The molecule has 0 bridgehead atoms. The Morgan fingerprint density at radius 3 is 2.11 bits per heavy atom. The summed E-state index contributed by atoms with van der Waals surface area (Å²) in [5, 5.41) is 4.46. The van der Waals surface area contributed by atoms with Gasteiger partial charge in [0.25, 0.3) is 0 Å². The van der Waals surface area contributed by atoms with Crippen molar-refractivity contribution in [3.63, 3.8) is 0 Å². The molecular weight excluding hydrogens is 661 g/mol. The second-order valence-corrected chi connectivity index (χ2v) is 13.0. The van der Waals surface area contributed by atoms with Crippen molar-refractivity contribution in [2.75, 3.05) is 0 Å². The molecule has 0 saturated heterocycles. The summed E-state index contributed by atoms with van der Waals surface area (Å²) < 4.78 is 10.9. The van der Waals surface area contributed by atoms with Gasteiger partial charge in [0.05, 0.1) is 33.7 Å². The van der Waals surface area contributed by atoms with Gasteiger partial charge in [0.1, 0.15) is 18.0 Å². The highest BCUT2D eigenvalue weighted by Crippen LogP contribution is 2.40. The van der Waals surface area contributed by atoms with Crippen molar-refractivity contribution in [1.29, 1.82) is 0 Å². The zero-order valence-electron chi connectivity index (χ0n) is 30.5. The van der Waals surface area contributed by atoms with Crippen LogP contribution < -0.4 is 0 Å². The second kappa shape index (κ2) is 14.6. The van der Waals surface area contributed by atoms with E-state index in [1.807, 2.05) is 67.6 Å². The Kier molecular flexibility index (Phi) is 9.21. The molecule has 0 unspecified atom stereocenters. The van der Waals surface area contributed by atoms with Crippen molar-refractivity contribution in [2.45, 2.75) is 20.5 Å². The SMILES string of the molecule is C=Cc1oc2ccc(C(/C=C(\N=C)c3ccccc3)=N/Cn3c4ccccc4c4ccc5c(/C=C\C)c(C=C)n(-c6ccccc6)c5c43)cc2c1/C=C\C. The maximum atomic E-state index is 6.18. The molecule has 0 saturated carbocycles. The van der Waals surface area contributed by atoms with Gasteiger partial charge in [-0.2, -0.15) is 0 Å². The van der Waals surface area contributed by atoms with Crippen molar-refractivity contribution in [3.05, 3.63) is 180 Å². The minimum atomic E-state index is 0.347. The molecule has 0 aliphatic rings. The molecule has 54 heavy (non-hydrogen) atoms. The molecule has 0 amide bonds. The summed E-state index contributed by atoms with van der Waals surface area (Å²) in [4.78, 5) is 9.94. The number of fused-ring (bicyclic) bond motifs is 6. The van der Waals surface area contributed by atoms with Gasteiger partial charge in [-0.05, 0) is 75.2 Å². The second-order valence-electron chi connectivity index (χ2n) is 13.0. The molecule has 0 N–H and O–H groups in total. The Morgan fingerprint density at radius 2 is 1.39 bits per heavy atom. The smallest absolute Gasteiger partial charge is 0.135 e. The van der Waals surface area contributed by atoms with Crippen LogP contribution in [-0.4, -0.2) is 21.6 Å². The summed E-state index contributed by atoms with van der Waals surface area (Å²) in [6.45, 7) is 16.6. The number of hydrogen-bond acceptors (Lipinski definition) is 3. The van der Waals surface area contributed by atoms with Crippen molar-refractivity contribution in [2.24, 2.45) is 9.98 Å². The van der Waals surface area contributed by atoms with E-state index in [1.165, 1.54) is 5.39 Å². The summed E-state index contributed by atoms with van der Waals surface area (Å²) in [7, 11) is 0. The molecule has 0 spiro atoms. The van der Waals surface area contributed by atoms with Crippen LogP contribution >= 0.6 is 0 Å². The van der Waals surface area contributed by atoms with Crippen molar-refractivity contribution in [3.8, 4) is 5.69 Å². The van der Waals surface area contributed by atoms with Crippen LogP contribution in [0.4, 0.5) is 0 Å². The first-order chi connectivity index (χ1) is 26.6. The molecule has 0 atom stereocenters. The van der Waals surface area contributed by atoms with Gasteiger partial charge < -0.3 is 13.6 Å². The monoisotopic (exact) mass is 700 g/mol. The summed E-state index contributed by atoms with van der Waals surface area (Å²) in [5.41, 5.74) is 11.7. The van der Waals surface area contributed by atoms with Crippen LogP contribution in [-0.2, 0) is 6.67 Å². The number of nitrogens with zero attached hydrogens (tertiary/aromatic N) is 4. The van der Waals surface area contributed by atoms with Gasteiger partial charge in [-0.15, -0.1) is 0 Å². The highest BCUT2D eigenvalue weighted by molar-refractivity contribution is 6.19. The van der Waals surface area contributed by atoms with Crippen LogP contribution in [0, 0.1) is 0 Å². The number of furan rings is 1. The molecule has 0 radical (unpaired) electrons. The minimum Gasteiger partial charge on any atom is -0.456 e. The number of aromatic nitrogens is 2. The largest absolute Gasteiger partial charge is 0.456 e. The highest BCUT2D eigenvalue weighted by Gasteiger charge is 2.22. The first-order valence-corrected chi connectivity index (χ1v) is 18.1. The number of rotatable bonds is 11. The van der Waals surface area contributed by atoms with Crippen LogP contribution in [0.25, 0.3) is 79.4 Å². The quantitative estimate of drug-likeness (QED) is 0.124. The molecule has 5 aromatic carbocycles. The fourth-order valence-electron chi connectivity index (χ4n) is 7.60. The number of benzene rings is 5.